The highest BCUT2D eigenvalue weighted by Crippen LogP contribution is 2.40. The molecule has 3 aromatic rings. The van der Waals surface area contributed by atoms with E-state index in [-0.39, 0.29) is 16.5 Å². The van der Waals surface area contributed by atoms with E-state index in [2.05, 4.69) is 15.5 Å². The van der Waals surface area contributed by atoms with Gasteiger partial charge in [0.2, 0.25) is 5.91 Å². The van der Waals surface area contributed by atoms with Crippen molar-refractivity contribution in [2.24, 2.45) is 0 Å². The minimum absolute atomic E-state index is 0.0367. The lowest BCUT2D eigenvalue weighted by Gasteiger charge is -2.12. The molecule has 4 rings (SSSR count). The third-order valence-corrected chi connectivity index (χ3v) is 6.07. The lowest BCUT2D eigenvalue weighted by atomic mass is 10.2. The predicted molar refractivity (Wildman–Crippen MR) is 113 cm³/mol. The van der Waals surface area contributed by atoms with Gasteiger partial charge >= 0.3 is 6.18 Å². The van der Waals surface area contributed by atoms with Gasteiger partial charge in [0.25, 0.3) is 0 Å². The van der Waals surface area contributed by atoms with Crippen LogP contribution in [0.5, 0.6) is 0 Å². The summed E-state index contributed by atoms with van der Waals surface area (Å²) in [4.78, 5) is 12.4. The van der Waals surface area contributed by atoms with Crippen molar-refractivity contribution >= 4 is 35.0 Å². The van der Waals surface area contributed by atoms with Crippen LogP contribution in [0.1, 0.15) is 35.7 Å². The van der Waals surface area contributed by atoms with E-state index in [1.54, 1.807) is 0 Å². The number of rotatable bonds is 7. The van der Waals surface area contributed by atoms with Gasteiger partial charge in [-0.3, -0.25) is 4.79 Å². The smallest absolute Gasteiger partial charge is 0.324 e. The molecule has 31 heavy (non-hydrogen) atoms. The highest BCUT2D eigenvalue weighted by atomic mass is 35.5. The maximum Gasteiger partial charge on any atom is 0.416 e. The lowest BCUT2D eigenvalue weighted by Crippen LogP contribution is -2.16. The number of hydrogen-bond donors (Lipinski definition) is 1. The molecule has 1 fully saturated rings. The zero-order chi connectivity index (χ0) is 22.0. The summed E-state index contributed by atoms with van der Waals surface area (Å²) in [5.41, 5.74) is 0.134. The van der Waals surface area contributed by atoms with Crippen molar-refractivity contribution in [3.8, 4) is 0 Å². The number of amides is 1. The van der Waals surface area contributed by atoms with Crippen molar-refractivity contribution in [1.82, 2.24) is 14.8 Å². The van der Waals surface area contributed by atoms with Gasteiger partial charge in [0.15, 0.2) is 5.16 Å². The van der Waals surface area contributed by atoms with Crippen LogP contribution < -0.4 is 5.32 Å². The van der Waals surface area contributed by atoms with Crippen molar-refractivity contribution in [1.29, 1.82) is 0 Å². The maximum atomic E-state index is 12.9. The summed E-state index contributed by atoms with van der Waals surface area (Å²) in [5.74, 6) is 0.758. The summed E-state index contributed by atoms with van der Waals surface area (Å²) in [6.07, 6.45) is -2.40. The van der Waals surface area contributed by atoms with Gasteiger partial charge in [0.1, 0.15) is 5.82 Å². The molecule has 162 valence electrons. The second kappa shape index (κ2) is 8.92. The van der Waals surface area contributed by atoms with E-state index in [9.17, 15) is 18.0 Å². The number of carbonyl (C=O) groups excluding carboxylic acids is 1. The highest BCUT2D eigenvalue weighted by Gasteiger charge is 2.32. The first kappa shape index (κ1) is 21.7. The van der Waals surface area contributed by atoms with Crippen molar-refractivity contribution in [3.63, 3.8) is 0 Å². The third-order valence-electron chi connectivity index (χ3n) is 4.77. The SMILES string of the molecule is O=C(CSc1nnc(C2CC2)n1Cc1ccccc1)Nc1cc(C(F)(F)F)ccc1Cl. The number of thioether (sulfide) groups is 1. The molecule has 0 unspecified atom stereocenters. The normalized spacial score (nSPS) is 13.9. The Bertz CT molecular complexity index is 1080. The molecule has 0 saturated heterocycles. The third kappa shape index (κ3) is 5.40. The van der Waals surface area contributed by atoms with Crippen LogP contribution in [0, 0.1) is 0 Å². The number of hydrogen-bond acceptors (Lipinski definition) is 4. The molecule has 5 nitrogen and oxygen atoms in total. The van der Waals surface area contributed by atoms with Crippen LogP contribution >= 0.6 is 23.4 Å². The van der Waals surface area contributed by atoms with Gasteiger partial charge in [-0.15, -0.1) is 10.2 Å². The topological polar surface area (TPSA) is 59.8 Å². The van der Waals surface area contributed by atoms with Gasteiger partial charge < -0.3 is 9.88 Å². The Morgan fingerprint density at radius 3 is 2.58 bits per heavy atom. The zero-order valence-corrected chi connectivity index (χ0v) is 17.8. The van der Waals surface area contributed by atoms with Crippen molar-refractivity contribution in [2.45, 2.75) is 36.6 Å². The van der Waals surface area contributed by atoms with Gasteiger partial charge in [0.05, 0.1) is 28.6 Å². The first-order chi connectivity index (χ1) is 14.8. The largest absolute Gasteiger partial charge is 0.416 e. The summed E-state index contributed by atoms with van der Waals surface area (Å²) in [5, 5.41) is 11.6. The first-order valence-corrected chi connectivity index (χ1v) is 10.9. The molecule has 0 aliphatic heterocycles. The van der Waals surface area contributed by atoms with E-state index in [0.29, 0.717) is 17.6 Å². The predicted octanol–water partition coefficient (Wildman–Crippen LogP) is 5.61. The molecule has 1 saturated carbocycles. The van der Waals surface area contributed by atoms with Gasteiger partial charge in [0, 0.05) is 5.92 Å². The summed E-state index contributed by atoms with van der Waals surface area (Å²) < 4.78 is 40.8. The van der Waals surface area contributed by atoms with Gasteiger partial charge in [-0.25, -0.2) is 0 Å². The zero-order valence-electron chi connectivity index (χ0n) is 16.2. The molecule has 2 aromatic carbocycles. The molecule has 1 aliphatic rings. The quantitative estimate of drug-likeness (QED) is 0.460. The number of anilines is 1. The van der Waals surface area contributed by atoms with Gasteiger partial charge in [-0.2, -0.15) is 13.2 Å². The Hall–Kier alpha value is -2.52. The van der Waals surface area contributed by atoms with Crippen LogP contribution in [-0.2, 0) is 17.5 Å². The number of carbonyl (C=O) groups is 1. The number of nitrogens with one attached hydrogen (secondary N) is 1. The van der Waals surface area contributed by atoms with Crippen LogP contribution in [0.15, 0.2) is 53.7 Å². The van der Waals surface area contributed by atoms with Gasteiger partial charge in [-0.05, 0) is 36.6 Å². The minimum atomic E-state index is -4.52. The fourth-order valence-corrected chi connectivity index (χ4v) is 3.99. The van der Waals surface area contributed by atoms with Crippen LogP contribution in [0.3, 0.4) is 0 Å². The Kier molecular flexibility index (Phi) is 6.24. The molecule has 1 aromatic heterocycles. The summed E-state index contributed by atoms with van der Waals surface area (Å²) in [6, 6.07) is 12.7. The Morgan fingerprint density at radius 1 is 1.16 bits per heavy atom. The van der Waals surface area contributed by atoms with E-state index in [1.165, 1.54) is 11.8 Å². The van der Waals surface area contributed by atoms with Crippen LogP contribution in [0.2, 0.25) is 5.02 Å². The van der Waals surface area contributed by atoms with E-state index < -0.39 is 17.6 Å². The Morgan fingerprint density at radius 2 is 1.90 bits per heavy atom. The van der Waals surface area contributed by atoms with E-state index in [1.807, 2.05) is 34.9 Å². The molecular formula is C21H18ClF3N4OS. The highest BCUT2D eigenvalue weighted by molar-refractivity contribution is 7.99. The molecule has 0 radical (unpaired) electrons. The summed E-state index contributed by atoms with van der Waals surface area (Å²) in [6.45, 7) is 0.586. The van der Waals surface area contributed by atoms with Crippen molar-refractivity contribution in [3.05, 3.63) is 70.5 Å². The first-order valence-electron chi connectivity index (χ1n) is 9.57. The number of alkyl halides is 3. The standard InChI is InChI=1S/C21H18ClF3N4OS/c22-16-9-8-15(21(23,24)25)10-17(16)26-18(30)12-31-20-28-27-19(14-6-7-14)29(20)11-13-4-2-1-3-5-13/h1-5,8-10,14H,6-7,11-12H2,(H,26,30). The molecule has 1 heterocycles. The number of halogens is 4. The van der Waals surface area contributed by atoms with E-state index in [0.717, 1.165) is 42.4 Å². The number of aromatic nitrogens is 3. The molecular weight excluding hydrogens is 449 g/mol. The lowest BCUT2D eigenvalue weighted by molar-refractivity contribution is -0.137. The fraction of sp³-hybridized carbons (Fsp3) is 0.286. The van der Waals surface area contributed by atoms with Crippen LogP contribution in [0.25, 0.3) is 0 Å². The second-order valence-corrected chi connectivity index (χ2v) is 8.57. The Balaban J connectivity index is 1.45. The number of nitrogens with zero attached hydrogens (tertiary/aromatic N) is 3. The van der Waals surface area contributed by atoms with E-state index in [4.69, 9.17) is 11.6 Å². The maximum absolute atomic E-state index is 12.9. The fourth-order valence-electron chi connectivity index (χ4n) is 3.08. The second-order valence-electron chi connectivity index (χ2n) is 7.22. The molecule has 0 spiro atoms. The Labute approximate surface area is 186 Å². The summed E-state index contributed by atoms with van der Waals surface area (Å²) in [7, 11) is 0. The molecule has 1 aliphatic carbocycles. The van der Waals surface area contributed by atoms with Crippen LogP contribution in [0.4, 0.5) is 18.9 Å². The molecule has 0 atom stereocenters. The van der Waals surface area contributed by atoms with Crippen molar-refractivity contribution < 1.29 is 18.0 Å². The molecule has 1 N–H and O–H groups in total. The molecule has 0 bridgehead atoms. The summed E-state index contributed by atoms with van der Waals surface area (Å²) >= 11 is 7.14. The molecule has 10 heteroatoms. The van der Waals surface area contributed by atoms with E-state index >= 15 is 0 Å². The number of benzene rings is 2. The van der Waals surface area contributed by atoms with Crippen LogP contribution in [-0.4, -0.2) is 26.4 Å². The monoisotopic (exact) mass is 466 g/mol. The van der Waals surface area contributed by atoms with Gasteiger partial charge in [-0.1, -0.05) is 53.7 Å². The average Bonchev–Trinajstić information content (AvgIpc) is 3.50. The average molecular weight is 467 g/mol. The molecule has 1 amide bonds. The van der Waals surface area contributed by atoms with Crippen molar-refractivity contribution in [2.75, 3.05) is 11.1 Å². The minimum Gasteiger partial charge on any atom is -0.324 e.